The van der Waals surface area contributed by atoms with E-state index in [0.29, 0.717) is 12.0 Å². The van der Waals surface area contributed by atoms with Gasteiger partial charge in [-0.05, 0) is 18.1 Å². The molecule has 1 aromatic rings. The first-order valence-corrected chi connectivity index (χ1v) is 5.16. The summed E-state index contributed by atoms with van der Waals surface area (Å²) < 4.78 is 30.5. The Morgan fingerprint density at radius 2 is 1.93 bits per heavy atom. The molecule has 0 atom stereocenters. The van der Waals surface area contributed by atoms with Gasteiger partial charge < -0.3 is 5.48 Å². The molecule has 0 aliphatic carbocycles. The fraction of sp³-hybridized carbons (Fsp3) is 0.111. The largest absolute Gasteiger partial charge is 0.412 e. The highest BCUT2D eigenvalue weighted by atomic mass is 32.2. The van der Waals surface area contributed by atoms with Crippen LogP contribution < -0.4 is 0 Å². The Balaban J connectivity index is 0.00000169. The van der Waals surface area contributed by atoms with E-state index in [0.717, 1.165) is 0 Å². The average molecular weight is 216 g/mol. The quantitative estimate of drug-likeness (QED) is 0.600. The maximum absolute atomic E-state index is 10.8. The van der Waals surface area contributed by atoms with E-state index in [1.54, 1.807) is 24.3 Å². The zero-order valence-electron chi connectivity index (χ0n) is 7.47. The van der Waals surface area contributed by atoms with Crippen LogP contribution in [0.5, 0.6) is 0 Å². The maximum atomic E-state index is 10.8. The molecule has 0 fully saturated rings. The molecule has 0 radical (unpaired) electrons. The van der Waals surface area contributed by atoms with Gasteiger partial charge in [-0.3, -0.25) is 4.55 Å². The molecule has 78 valence electrons. The summed E-state index contributed by atoms with van der Waals surface area (Å²) in [6, 6.07) is 6.29. The molecule has 0 heterocycles. The van der Waals surface area contributed by atoms with Crippen LogP contribution in [-0.2, 0) is 16.5 Å². The smallest absolute Gasteiger partial charge is 0.294 e. The Bertz CT molecular complexity index is 409. The lowest BCUT2D eigenvalue weighted by molar-refractivity contribution is 0.482. The van der Waals surface area contributed by atoms with Gasteiger partial charge in [0, 0.05) is 0 Å². The topological polar surface area (TPSA) is 85.9 Å². The molecule has 1 rings (SSSR count). The van der Waals surface area contributed by atoms with Crippen molar-refractivity contribution in [1.29, 1.82) is 0 Å². The van der Waals surface area contributed by atoms with Crippen molar-refractivity contribution in [3.63, 3.8) is 0 Å². The average Bonchev–Trinajstić information content (AvgIpc) is 2.04. The molecule has 1 aromatic carbocycles. The van der Waals surface area contributed by atoms with Crippen LogP contribution in [0.15, 0.2) is 41.8 Å². The van der Waals surface area contributed by atoms with Crippen LogP contribution in [0.2, 0.25) is 0 Å². The third-order valence-corrected chi connectivity index (χ3v) is 2.57. The van der Waals surface area contributed by atoms with Gasteiger partial charge in [-0.2, -0.15) is 8.42 Å². The molecule has 0 saturated carbocycles. The molecule has 0 aliphatic rings. The highest BCUT2D eigenvalue weighted by Crippen LogP contribution is 2.15. The number of rotatable bonds is 3. The van der Waals surface area contributed by atoms with Crippen molar-refractivity contribution < 1.29 is 18.4 Å². The Hall–Kier alpha value is -1.17. The molecule has 0 aromatic heterocycles. The molecule has 5 heteroatoms. The lowest BCUT2D eigenvalue weighted by Gasteiger charge is -2.02. The van der Waals surface area contributed by atoms with Crippen LogP contribution in [0.25, 0.3) is 0 Å². The highest BCUT2D eigenvalue weighted by molar-refractivity contribution is 7.85. The molecular weight excluding hydrogens is 204 g/mol. The van der Waals surface area contributed by atoms with Gasteiger partial charge in [0.15, 0.2) is 0 Å². The maximum Gasteiger partial charge on any atom is 0.294 e. The molecule has 4 nitrogen and oxygen atoms in total. The van der Waals surface area contributed by atoms with Gasteiger partial charge in [0.25, 0.3) is 10.1 Å². The summed E-state index contributed by atoms with van der Waals surface area (Å²) in [7, 11) is -4.10. The Kier molecular flexibility index (Phi) is 4.49. The number of hydrogen-bond donors (Lipinski definition) is 1. The van der Waals surface area contributed by atoms with E-state index in [1.807, 2.05) is 0 Å². The standard InChI is InChI=1S/C9H10O3S.H2O/c1-2-5-8-6-3-4-7-9(8)13(10,11)12;/h2-4,6-7H,1,5H2,(H,10,11,12);1H2. The molecule has 0 unspecified atom stereocenters. The summed E-state index contributed by atoms with van der Waals surface area (Å²) in [5.41, 5.74) is 0.556. The van der Waals surface area contributed by atoms with Crippen LogP contribution >= 0.6 is 0 Å². The number of benzene rings is 1. The molecule has 0 amide bonds. The summed E-state index contributed by atoms with van der Waals surface area (Å²) in [5.74, 6) is 0. The normalized spacial score (nSPS) is 10.4. The zero-order chi connectivity index (χ0) is 9.90. The van der Waals surface area contributed by atoms with E-state index < -0.39 is 10.1 Å². The first-order valence-electron chi connectivity index (χ1n) is 3.72. The van der Waals surface area contributed by atoms with E-state index >= 15 is 0 Å². The minimum Gasteiger partial charge on any atom is -0.412 e. The monoisotopic (exact) mass is 216 g/mol. The van der Waals surface area contributed by atoms with Crippen molar-refractivity contribution in [3.05, 3.63) is 42.5 Å². The fourth-order valence-electron chi connectivity index (χ4n) is 1.08. The van der Waals surface area contributed by atoms with Crippen LogP contribution in [0.1, 0.15) is 5.56 Å². The van der Waals surface area contributed by atoms with Gasteiger partial charge in [-0.1, -0.05) is 24.3 Å². The van der Waals surface area contributed by atoms with Gasteiger partial charge >= 0.3 is 0 Å². The van der Waals surface area contributed by atoms with Crippen molar-refractivity contribution in [2.24, 2.45) is 0 Å². The summed E-state index contributed by atoms with van der Waals surface area (Å²) in [6.07, 6.45) is 2.01. The predicted octanol–water partition coefficient (Wildman–Crippen LogP) is 0.837. The third-order valence-electron chi connectivity index (χ3n) is 1.61. The fourth-order valence-corrected chi connectivity index (χ4v) is 1.81. The van der Waals surface area contributed by atoms with Crippen molar-refractivity contribution in [2.75, 3.05) is 0 Å². The van der Waals surface area contributed by atoms with E-state index in [9.17, 15) is 8.42 Å². The van der Waals surface area contributed by atoms with Crippen LogP contribution in [0, 0.1) is 0 Å². The Labute approximate surface area is 82.9 Å². The summed E-state index contributed by atoms with van der Waals surface area (Å²) in [5, 5.41) is 0. The van der Waals surface area contributed by atoms with E-state index in [2.05, 4.69) is 6.58 Å². The number of allylic oxidation sites excluding steroid dienone is 1. The van der Waals surface area contributed by atoms with Gasteiger partial charge in [-0.25, -0.2) is 0 Å². The Morgan fingerprint density at radius 1 is 1.36 bits per heavy atom. The third kappa shape index (κ3) is 2.95. The predicted molar refractivity (Wildman–Crippen MR) is 53.8 cm³/mol. The van der Waals surface area contributed by atoms with E-state index in [-0.39, 0.29) is 10.4 Å². The molecule has 3 N–H and O–H groups in total. The molecule has 0 bridgehead atoms. The lowest BCUT2D eigenvalue weighted by atomic mass is 10.1. The second kappa shape index (κ2) is 4.90. The minimum absolute atomic E-state index is 0. The second-order valence-electron chi connectivity index (χ2n) is 2.58. The molecule has 0 aliphatic heterocycles. The van der Waals surface area contributed by atoms with Crippen LogP contribution in [0.3, 0.4) is 0 Å². The first-order chi connectivity index (χ1) is 6.05. The van der Waals surface area contributed by atoms with Crippen molar-refractivity contribution in [3.8, 4) is 0 Å². The summed E-state index contributed by atoms with van der Waals surface area (Å²) in [6.45, 7) is 3.50. The van der Waals surface area contributed by atoms with Crippen LogP contribution in [0.4, 0.5) is 0 Å². The highest BCUT2D eigenvalue weighted by Gasteiger charge is 2.12. The van der Waals surface area contributed by atoms with Gasteiger partial charge in [0.2, 0.25) is 0 Å². The zero-order valence-corrected chi connectivity index (χ0v) is 8.29. The summed E-state index contributed by atoms with van der Waals surface area (Å²) >= 11 is 0. The molecule has 14 heavy (non-hydrogen) atoms. The minimum atomic E-state index is -4.10. The van der Waals surface area contributed by atoms with Crippen molar-refractivity contribution in [1.82, 2.24) is 0 Å². The SMILES string of the molecule is C=CCc1ccccc1S(=O)(=O)O.O. The number of hydrogen-bond acceptors (Lipinski definition) is 2. The van der Waals surface area contributed by atoms with Gasteiger partial charge in [0.05, 0.1) is 4.90 Å². The van der Waals surface area contributed by atoms with Crippen LogP contribution in [-0.4, -0.2) is 18.4 Å². The Morgan fingerprint density at radius 3 is 2.43 bits per heavy atom. The second-order valence-corrected chi connectivity index (χ2v) is 3.97. The van der Waals surface area contributed by atoms with E-state index in [4.69, 9.17) is 4.55 Å². The lowest BCUT2D eigenvalue weighted by Crippen LogP contribution is -2.02. The van der Waals surface area contributed by atoms with Crippen molar-refractivity contribution >= 4 is 10.1 Å². The summed E-state index contributed by atoms with van der Waals surface area (Å²) in [4.78, 5) is -0.0464. The van der Waals surface area contributed by atoms with Crippen molar-refractivity contribution in [2.45, 2.75) is 11.3 Å². The molecular formula is C9H12O4S. The van der Waals surface area contributed by atoms with E-state index in [1.165, 1.54) is 6.07 Å². The van der Waals surface area contributed by atoms with Gasteiger partial charge in [0.1, 0.15) is 0 Å². The van der Waals surface area contributed by atoms with Gasteiger partial charge in [-0.15, -0.1) is 6.58 Å². The molecule has 0 spiro atoms. The first kappa shape index (κ1) is 12.8. The molecule has 0 saturated heterocycles.